The zero-order valence-corrected chi connectivity index (χ0v) is 17.2. The van der Waals surface area contributed by atoms with Crippen LogP contribution in [0.5, 0.6) is 5.75 Å². The molecule has 4 rings (SSSR count). The van der Waals surface area contributed by atoms with Crippen molar-refractivity contribution in [3.05, 3.63) is 66.4 Å². The van der Waals surface area contributed by atoms with Crippen LogP contribution in [0.25, 0.3) is 22.2 Å². The highest BCUT2D eigenvalue weighted by molar-refractivity contribution is 8.00. The van der Waals surface area contributed by atoms with Crippen molar-refractivity contribution in [1.82, 2.24) is 15.2 Å². The third-order valence-electron chi connectivity index (χ3n) is 4.28. The number of nitriles is 1. The van der Waals surface area contributed by atoms with Crippen LogP contribution >= 0.6 is 11.9 Å². The second-order valence-corrected chi connectivity index (χ2v) is 7.85. The molecule has 2 aromatic carbocycles. The molecule has 0 aliphatic carbocycles. The van der Waals surface area contributed by atoms with Gasteiger partial charge in [-0.25, -0.2) is 4.98 Å². The fraction of sp³-hybridized carbons (Fsp3) is 0.136. The van der Waals surface area contributed by atoms with Gasteiger partial charge in [-0.05, 0) is 62.4 Å². The lowest BCUT2D eigenvalue weighted by Gasteiger charge is -2.15. The van der Waals surface area contributed by atoms with E-state index >= 15 is 0 Å². The molecule has 0 radical (unpaired) electrons. The molecule has 0 aliphatic heterocycles. The number of ether oxygens (including phenoxy) is 1. The maximum absolute atomic E-state index is 10.5. The average molecular weight is 417 g/mol. The first-order chi connectivity index (χ1) is 14.5. The SMILES string of the molecule is CC(C)Oc1ccc2[nH]nc(-c3ccnc(N(O)Sc4cccc(C#N)c4)c3)c2c1. The second-order valence-electron chi connectivity index (χ2n) is 6.85. The first-order valence-corrected chi connectivity index (χ1v) is 10.1. The number of pyridine rings is 1. The lowest BCUT2D eigenvalue weighted by Crippen LogP contribution is -2.09. The van der Waals surface area contributed by atoms with Gasteiger partial charge in [0.25, 0.3) is 0 Å². The molecular formula is C22H19N5O2S. The molecule has 2 heterocycles. The van der Waals surface area contributed by atoms with Crippen LogP contribution in [-0.4, -0.2) is 26.5 Å². The van der Waals surface area contributed by atoms with Gasteiger partial charge in [0.2, 0.25) is 0 Å². The van der Waals surface area contributed by atoms with Crippen LogP contribution in [0.1, 0.15) is 19.4 Å². The Labute approximate surface area is 178 Å². The number of aromatic nitrogens is 3. The van der Waals surface area contributed by atoms with E-state index in [-0.39, 0.29) is 6.10 Å². The smallest absolute Gasteiger partial charge is 0.165 e. The molecule has 0 amide bonds. The lowest BCUT2D eigenvalue weighted by molar-refractivity contribution is 0.243. The van der Waals surface area contributed by atoms with E-state index in [0.29, 0.717) is 11.4 Å². The maximum atomic E-state index is 10.5. The topological polar surface area (TPSA) is 98.1 Å². The van der Waals surface area contributed by atoms with Crippen LogP contribution in [0.15, 0.2) is 65.7 Å². The van der Waals surface area contributed by atoms with Gasteiger partial charge in [-0.15, -0.1) is 0 Å². The van der Waals surface area contributed by atoms with Gasteiger partial charge in [-0.3, -0.25) is 10.3 Å². The summed E-state index contributed by atoms with van der Waals surface area (Å²) in [7, 11) is 0. The maximum Gasteiger partial charge on any atom is 0.165 e. The van der Waals surface area contributed by atoms with E-state index < -0.39 is 0 Å². The Kier molecular flexibility index (Phi) is 5.57. The van der Waals surface area contributed by atoms with E-state index in [1.54, 1.807) is 30.5 Å². The van der Waals surface area contributed by atoms with E-state index in [2.05, 4.69) is 21.3 Å². The summed E-state index contributed by atoms with van der Waals surface area (Å²) < 4.78 is 6.78. The zero-order valence-electron chi connectivity index (χ0n) is 16.4. The molecule has 0 saturated heterocycles. The fourth-order valence-corrected chi connectivity index (χ4v) is 3.71. The largest absolute Gasteiger partial charge is 0.491 e. The summed E-state index contributed by atoms with van der Waals surface area (Å²) in [5.41, 5.74) is 2.96. The van der Waals surface area contributed by atoms with Crippen molar-refractivity contribution in [2.24, 2.45) is 0 Å². The monoisotopic (exact) mass is 417 g/mol. The minimum Gasteiger partial charge on any atom is -0.491 e. The molecule has 8 heteroatoms. The summed E-state index contributed by atoms with van der Waals surface area (Å²) in [5.74, 6) is 1.12. The van der Waals surface area contributed by atoms with Crippen molar-refractivity contribution in [3.8, 4) is 23.1 Å². The molecule has 0 fully saturated rings. The van der Waals surface area contributed by atoms with E-state index in [9.17, 15) is 5.21 Å². The van der Waals surface area contributed by atoms with Crippen molar-refractivity contribution in [2.75, 3.05) is 4.47 Å². The number of fused-ring (bicyclic) bond motifs is 1. The molecule has 0 saturated carbocycles. The number of nitrogens with zero attached hydrogens (tertiary/aromatic N) is 4. The highest BCUT2D eigenvalue weighted by Crippen LogP contribution is 2.32. The first kappa shape index (κ1) is 19.8. The molecule has 0 bridgehead atoms. The van der Waals surface area contributed by atoms with Crippen molar-refractivity contribution in [2.45, 2.75) is 24.8 Å². The summed E-state index contributed by atoms with van der Waals surface area (Å²) in [6.45, 7) is 3.96. The number of hydrogen-bond donors (Lipinski definition) is 2. The van der Waals surface area contributed by atoms with Crippen LogP contribution in [0.3, 0.4) is 0 Å². The molecule has 2 aromatic heterocycles. The molecule has 0 spiro atoms. The van der Waals surface area contributed by atoms with Crippen molar-refractivity contribution >= 4 is 28.7 Å². The first-order valence-electron chi connectivity index (χ1n) is 9.32. The van der Waals surface area contributed by atoms with Gasteiger partial charge in [0.15, 0.2) is 5.82 Å². The minimum absolute atomic E-state index is 0.0739. The predicted molar refractivity (Wildman–Crippen MR) is 116 cm³/mol. The van der Waals surface area contributed by atoms with Crippen molar-refractivity contribution in [3.63, 3.8) is 0 Å². The Morgan fingerprint density at radius 1 is 1.17 bits per heavy atom. The highest BCUT2D eigenvalue weighted by Gasteiger charge is 2.14. The van der Waals surface area contributed by atoms with E-state index in [4.69, 9.17) is 10.00 Å². The van der Waals surface area contributed by atoms with Gasteiger partial charge in [-0.1, -0.05) is 6.07 Å². The fourth-order valence-electron chi connectivity index (χ4n) is 3.00. The third kappa shape index (κ3) is 4.22. The Balaban J connectivity index is 1.63. The molecule has 0 unspecified atom stereocenters. The summed E-state index contributed by atoms with van der Waals surface area (Å²) in [6.07, 6.45) is 1.69. The van der Waals surface area contributed by atoms with Gasteiger partial charge in [0, 0.05) is 34.0 Å². The second kappa shape index (κ2) is 8.45. The molecule has 0 atom stereocenters. The summed E-state index contributed by atoms with van der Waals surface area (Å²) in [6, 6.07) is 18.5. The molecule has 30 heavy (non-hydrogen) atoms. The number of anilines is 1. The van der Waals surface area contributed by atoms with Gasteiger partial charge in [0.1, 0.15) is 11.4 Å². The van der Waals surface area contributed by atoms with Crippen LogP contribution in [0.4, 0.5) is 5.82 Å². The van der Waals surface area contributed by atoms with Crippen molar-refractivity contribution in [1.29, 1.82) is 5.26 Å². The molecule has 0 aliphatic rings. The lowest BCUT2D eigenvalue weighted by atomic mass is 10.1. The van der Waals surface area contributed by atoms with Crippen LogP contribution in [0.2, 0.25) is 0 Å². The third-order valence-corrected chi connectivity index (χ3v) is 5.10. The van der Waals surface area contributed by atoms with Gasteiger partial charge < -0.3 is 4.74 Å². The Bertz CT molecular complexity index is 1230. The van der Waals surface area contributed by atoms with Gasteiger partial charge in [-0.2, -0.15) is 14.8 Å². The van der Waals surface area contributed by atoms with Crippen molar-refractivity contribution < 1.29 is 9.94 Å². The zero-order chi connectivity index (χ0) is 21.1. The van der Waals surface area contributed by atoms with Crippen LogP contribution in [-0.2, 0) is 0 Å². The molecule has 2 N–H and O–H groups in total. The molecule has 150 valence electrons. The standard InChI is InChI=1S/C22H19N5O2S/c1-14(2)29-17-6-7-20-19(12-17)22(26-25-20)16-8-9-24-21(11-16)27(28)30-18-5-3-4-15(10-18)13-23/h3-12,14,28H,1-2H3,(H,25,26). The Hall–Kier alpha value is -3.54. The predicted octanol–water partition coefficient (Wildman–Crippen LogP) is 5.19. The van der Waals surface area contributed by atoms with E-state index in [1.165, 1.54) is 0 Å². The normalized spacial score (nSPS) is 10.9. The quantitative estimate of drug-likeness (QED) is 0.329. The number of hydrogen-bond acceptors (Lipinski definition) is 7. The van der Waals surface area contributed by atoms with E-state index in [0.717, 1.165) is 49.2 Å². The Morgan fingerprint density at radius 2 is 2.03 bits per heavy atom. The minimum atomic E-state index is 0.0739. The number of rotatable bonds is 6. The highest BCUT2D eigenvalue weighted by atomic mass is 32.2. The van der Waals surface area contributed by atoms with E-state index in [1.807, 2.05) is 44.2 Å². The Morgan fingerprint density at radius 3 is 2.83 bits per heavy atom. The summed E-state index contributed by atoms with van der Waals surface area (Å²) in [5, 5.41) is 28.0. The van der Waals surface area contributed by atoms with Gasteiger partial charge >= 0.3 is 0 Å². The number of nitrogens with one attached hydrogen (secondary N) is 1. The average Bonchev–Trinajstić information content (AvgIpc) is 3.17. The molecular weight excluding hydrogens is 398 g/mol. The van der Waals surface area contributed by atoms with Gasteiger partial charge in [0.05, 0.1) is 23.3 Å². The summed E-state index contributed by atoms with van der Waals surface area (Å²) >= 11 is 1.07. The summed E-state index contributed by atoms with van der Waals surface area (Å²) in [4.78, 5) is 4.98. The number of benzene rings is 2. The molecule has 7 nitrogen and oxygen atoms in total. The van der Waals surface area contributed by atoms with Crippen LogP contribution < -0.4 is 9.21 Å². The van der Waals surface area contributed by atoms with Crippen LogP contribution in [0, 0.1) is 11.3 Å². The number of H-pyrrole nitrogens is 1. The number of aromatic amines is 1. The molecule has 4 aromatic rings.